The molecule has 0 radical (unpaired) electrons. The molecule has 0 bridgehead atoms. The second kappa shape index (κ2) is 5.78. The van der Waals surface area contributed by atoms with Crippen LogP contribution < -0.4 is 16.0 Å². The van der Waals surface area contributed by atoms with Crippen LogP contribution in [0.15, 0.2) is 16.0 Å². The quantitative estimate of drug-likeness (QED) is 0.623. The molecule has 1 rings (SSSR count). The maximum Gasteiger partial charge on any atom is 0.287 e. The molecule has 0 atom stereocenters. The maximum atomic E-state index is 11.2. The summed E-state index contributed by atoms with van der Waals surface area (Å²) in [6.07, 6.45) is 4.42. The number of rotatable bonds is 6. The molecule has 4 N–H and O–H groups in total. The number of anilines is 1. The highest BCUT2D eigenvalue weighted by Crippen LogP contribution is 2.03. The number of aromatic amines is 1. The standard InChI is InChI=1S/C9H16N4O3S/c1-2-3-4-5-11-7-6-12-8(14)9(13-7)17(10,15)16/h6H,2-5H2,1H3,(H,11,13)(H,12,14)(H2,10,15,16). The van der Waals surface area contributed by atoms with E-state index in [9.17, 15) is 13.2 Å². The predicted molar refractivity (Wildman–Crippen MR) is 64.2 cm³/mol. The zero-order chi connectivity index (χ0) is 12.9. The molecular weight excluding hydrogens is 244 g/mol. The highest BCUT2D eigenvalue weighted by molar-refractivity contribution is 7.89. The summed E-state index contributed by atoms with van der Waals surface area (Å²) in [4.78, 5) is 17.1. The summed E-state index contributed by atoms with van der Waals surface area (Å²) in [6, 6.07) is 0. The van der Waals surface area contributed by atoms with Gasteiger partial charge in [-0.1, -0.05) is 19.8 Å². The average molecular weight is 260 g/mol. The molecule has 1 aromatic rings. The number of aromatic nitrogens is 2. The molecule has 0 amide bonds. The van der Waals surface area contributed by atoms with E-state index in [-0.39, 0.29) is 0 Å². The normalized spacial score (nSPS) is 11.4. The van der Waals surface area contributed by atoms with Crippen LogP contribution in [0.2, 0.25) is 0 Å². The van der Waals surface area contributed by atoms with E-state index < -0.39 is 20.6 Å². The maximum absolute atomic E-state index is 11.2. The van der Waals surface area contributed by atoms with E-state index in [0.717, 1.165) is 19.3 Å². The molecule has 0 spiro atoms. The van der Waals surface area contributed by atoms with Gasteiger partial charge in [0.15, 0.2) is 0 Å². The molecule has 0 unspecified atom stereocenters. The van der Waals surface area contributed by atoms with E-state index in [4.69, 9.17) is 5.14 Å². The minimum absolute atomic E-state index is 0.296. The Bertz CT molecular complexity index is 523. The topological polar surface area (TPSA) is 118 Å². The number of H-pyrrole nitrogens is 1. The average Bonchev–Trinajstić information content (AvgIpc) is 2.25. The van der Waals surface area contributed by atoms with Crippen LogP contribution in [0.1, 0.15) is 26.2 Å². The first kappa shape index (κ1) is 13.7. The van der Waals surface area contributed by atoms with Crippen LogP contribution >= 0.6 is 0 Å². The smallest absolute Gasteiger partial charge is 0.287 e. The number of nitrogens with one attached hydrogen (secondary N) is 2. The Morgan fingerprint density at radius 1 is 1.47 bits per heavy atom. The number of unbranched alkanes of at least 4 members (excludes halogenated alkanes) is 2. The summed E-state index contributed by atoms with van der Waals surface area (Å²) in [6.45, 7) is 2.74. The molecule has 0 aliphatic carbocycles. The summed E-state index contributed by atoms with van der Waals surface area (Å²) >= 11 is 0. The van der Waals surface area contributed by atoms with Crippen LogP contribution in [0.5, 0.6) is 0 Å². The Hall–Kier alpha value is -1.41. The summed E-state index contributed by atoms with van der Waals surface area (Å²) in [5.74, 6) is 0.296. The van der Waals surface area contributed by atoms with Crippen molar-refractivity contribution >= 4 is 15.8 Å². The number of nitrogens with zero attached hydrogens (tertiary/aromatic N) is 1. The van der Waals surface area contributed by atoms with E-state index in [1.165, 1.54) is 6.20 Å². The van der Waals surface area contributed by atoms with Gasteiger partial charge in [-0.25, -0.2) is 18.5 Å². The largest absolute Gasteiger partial charge is 0.369 e. The summed E-state index contributed by atoms with van der Waals surface area (Å²) in [5.41, 5.74) is -0.813. The number of hydrogen-bond acceptors (Lipinski definition) is 5. The molecule has 0 aliphatic heterocycles. The van der Waals surface area contributed by atoms with Crippen LogP contribution in [0.3, 0.4) is 0 Å². The Labute approximate surface area is 99.5 Å². The summed E-state index contributed by atoms with van der Waals surface area (Å²) < 4.78 is 22.1. The van der Waals surface area contributed by atoms with Gasteiger partial charge >= 0.3 is 0 Å². The Morgan fingerprint density at radius 2 is 2.18 bits per heavy atom. The monoisotopic (exact) mass is 260 g/mol. The molecule has 0 aromatic carbocycles. The molecule has 0 fully saturated rings. The molecule has 0 saturated carbocycles. The fourth-order valence-corrected chi connectivity index (χ4v) is 1.81. The van der Waals surface area contributed by atoms with E-state index in [1.54, 1.807) is 0 Å². The molecule has 1 aromatic heterocycles. The van der Waals surface area contributed by atoms with Crippen LogP contribution in [0, 0.1) is 0 Å². The minimum atomic E-state index is -4.09. The van der Waals surface area contributed by atoms with Crippen LogP contribution in [0.4, 0.5) is 5.82 Å². The van der Waals surface area contributed by atoms with Crippen molar-refractivity contribution in [3.05, 3.63) is 16.6 Å². The van der Waals surface area contributed by atoms with Crippen molar-refractivity contribution in [1.82, 2.24) is 9.97 Å². The zero-order valence-electron chi connectivity index (χ0n) is 9.56. The molecule has 17 heavy (non-hydrogen) atoms. The summed E-state index contributed by atoms with van der Waals surface area (Å²) in [7, 11) is -4.09. The van der Waals surface area contributed by atoms with Crippen LogP contribution in [-0.4, -0.2) is 24.9 Å². The first-order chi connectivity index (χ1) is 7.95. The van der Waals surface area contributed by atoms with Gasteiger partial charge in [-0.15, -0.1) is 0 Å². The fraction of sp³-hybridized carbons (Fsp3) is 0.556. The van der Waals surface area contributed by atoms with Gasteiger partial charge in [0.05, 0.1) is 0 Å². The molecular formula is C9H16N4O3S. The molecule has 96 valence electrons. The highest BCUT2D eigenvalue weighted by Gasteiger charge is 2.15. The number of hydrogen-bond donors (Lipinski definition) is 3. The van der Waals surface area contributed by atoms with Gasteiger partial charge in [0, 0.05) is 12.7 Å². The minimum Gasteiger partial charge on any atom is -0.369 e. The van der Waals surface area contributed by atoms with Crippen LogP contribution in [-0.2, 0) is 10.0 Å². The first-order valence-corrected chi connectivity index (χ1v) is 6.86. The lowest BCUT2D eigenvalue weighted by atomic mass is 10.2. The van der Waals surface area contributed by atoms with Crippen molar-refractivity contribution in [2.75, 3.05) is 11.9 Å². The number of primary sulfonamides is 1. The Kier molecular flexibility index (Phi) is 4.64. The SMILES string of the molecule is CCCCCNc1c[nH]c(=O)c(S(N)(=O)=O)n1. The van der Waals surface area contributed by atoms with Gasteiger partial charge in [-0.05, 0) is 6.42 Å². The highest BCUT2D eigenvalue weighted by atomic mass is 32.2. The Morgan fingerprint density at radius 3 is 2.76 bits per heavy atom. The fourth-order valence-electron chi connectivity index (χ4n) is 1.26. The predicted octanol–water partition coefficient (Wildman–Crippen LogP) is 0.0194. The van der Waals surface area contributed by atoms with Gasteiger partial charge in [0.2, 0.25) is 5.03 Å². The lowest BCUT2D eigenvalue weighted by Gasteiger charge is -2.05. The zero-order valence-corrected chi connectivity index (χ0v) is 10.4. The molecule has 8 heteroatoms. The van der Waals surface area contributed by atoms with E-state index >= 15 is 0 Å². The van der Waals surface area contributed by atoms with Gasteiger partial charge in [0.25, 0.3) is 15.6 Å². The van der Waals surface area contributed by atoms with Crippen molar-refractivity contribution in [3.63, 3.8) is 0 Å². The van der Waals surface area contributed by atoms with E-state index in [1.807, 2.05) is 0 Å². The van der Waals surface area contributed by atoms with E-state index in [0.29, 0.717) is 12.4 Å². The molecule has 1 heterocycles. The van der Waals surface area contributed by atoms with Gasteiger partial charge in [-0.2, -0.15) is 0 Å². The second-order valence-corrected chi connectivity index (χ2v) is 5.08. The van der Waals surface area contributed by atoms with E-state index in [2.05, 4.69) is 22.2 Å². The van der Waals surface area contributed by atoms with Gasteiger partial charge in [0.1, 0.15) is 5.82 Å². The third kappa shape index (κ3) is 4.16. The molecule has 0 saturated heterocycles. The summed E-state index contributed by atoms with van der Waals surface area (Å²) in [5, 5.41) is 7.11. The van der Waals surface area contributed by atoms with Crippen LogP contribution in [0.25, 0.3) is 0 Å². The number of nitrogens with two attached hydrogens (primary N) is 1. The molecule has 0 aliphatic rings. The van der Waals surface area contributed by atoms with Crippen molar-refractivity contribution in [2.45, 2.75) is 31.2 Å². The second-order valence-electron chi connectivity index (χ2n) is 3.60. The third-order valence-corrected chi connectivity index (χ3v) is 2.93. The lowest BCUT2D eigenvalue weighted by molar-refractivity contribution is 0.592. The third-order valence-electron chi connectivity index (χ3n) is 2.11. The van der Waals surface area contributed by atoms with Gasteiger partial charge in [-0.3, -0.25) is 4.79 Å². The molecule has 7 nitrogen and oxygen atoms in total. The van der Waals surface area contributed by atoms with Crippen molar-refractivity contribution in [2.24, 2.45) is 5.14 Å². The Balaban J connectivity index is 2.80. The lowest BCUT2D eigenvalue weighted by Crippen LogP contribution is -2.25. The van der Waals surface area contributed by atoms with Crippen molar-refractivity contribution in [1.29, 1.82) is 0 Å². The van der Waals surface area contributed by atoms with Gasteiger partial charge < -0.3 is 10.3 Å². The van der Waals surface area contributed by atoms with Crippen molar-refractivity contribution in [3.8, 4) is 0 Å². The first-order valence-electron chi connectivity index (χ1n) is 5.31. The number of sulfonamides is 1. The van der Waals surface area contributed by atoms with Crippen molar-refractivity contribution < 1.29 is 8.42 Å².